The van der Waals surface area contributed by atoms with Crippen molar-refractivity contribution >= 4 is 73.2 Å². The van der Waals surface area contributed by atoms with Crippen LogP contribution in [0.4, 0.5) is 5.13 Å². The fourth-order valence-electron chi connectivity index (χ4n) is 4.80. The number of nitrogens with zero attached hydrogens (tertiary/aromatic N) is 3. The van der Waals surface area contributed by atoms with Crippen LogP contribution in [0.1, 0.15) is 35.2 Å². The number of anilines is 1. The van der Waals surface area contributed by atoms with Crippen molar-refractivity contribution in [3.05, 3.63) is 104 Å². The molecule has 202 valence electrons. The number of Topliss-reactive ketones (excluding diaryl/α,β-unsaturated/α-hetero) is 1. The second-order valence-corrected chi connectivity index (χ2v) is 13.0. The van der Waals surface area contributed by atoms with Crippen molar-refractivity contribution < 1.29 is 19.4 Å². The summed E-state index contributed by atoms with van der Waals surface area (Å²) >= 11 is 12.1. The number of rotatable bonds is 6. The second kappa shape index (κ2) is 11.0. The van der Waals surface area contributed by atoms with Crippen molar-refractivity contribution in [2.75, 3.05) is 4.90 Å². The van der Waals surface area contributed by atoms with Crippen LogP contribution < -0.4 is 9.64 Å². The van der Waals surface area contributed by atoms with Crippen LogP contribution in [0.5, 0.6) is 5.75 Å². The van der Waals surface area contributed by atoms with Gasteiger partial charge in [-0.15, -0.1) is 10.2 Å². The van der Waals surface area contributed by atoms with E-state index in [0.717, 1.165) is 21.3 Å². The van der Waals surface area contributed by atoms with Gasteiger partial charge in [0.2, 0.25) is 5.13 Å². The van der Waals surface area contributed by atoms with Crippen LogP contribution in [0.15, 0.2) is 81.1 Å². The van der Waals surface area contributed by atoms with Gasteiger partial charge in [-0.05, 0) is 66.1 Å². The lowest BCUT2D eigenvalue weighted by Crippen LogP contribution is -2.29. The van der Waals surface area contributed by atoms with Gasteiger partial charge in [-0.25, -0.2) is 0 Å². The van der Waals surface area contributed by atoms with E-state index in [0.29, 0.717) is 32.7 Å². The molecule has 0 spiro atoms. The second-order valence-electron chi connectivity index (χ2n) is 9.44. The van der Waals surface area contributed by atoms with E-state index >= 15 is 0 Å². The van der Waals surface area contributed by atoms with E-state index in [1.54, 1.807) is 12.1 Å². The van der Waals surface area contributed by atoms with Gasteiger partial charge in [0.25, 0.3) is 5.78 Å². The Hall–Kier alpha value is -3.18. The molecule has 0 saturated carbocycles. The van der Waals surface area contributed by atoms with Crippen molar-refractivity contribution in [1.82, 2.24) is 10.2 Å². The smallest absolute Gasteiger partial charge is 0.301 e. The Morgan fingerprint density at radius 3 is 2.62 bits per heavy atom. The first-order valence-corrected chi connectivity index (χ1v) is 15.3. The third-order valence-electron chi connectivity index (χ3n) is 6.68. The lowest BCUT2D eigenvalue weighted by Gasteiger charge is -2.22. The third kappa shape index (κ3) is 5.16. The number of carbonyl (C=O) groups is 2. The molecule has 2 aliphatic heterocycles. The van der Waals surface area contributed by atoms with E-state index in [9.17, 15) is 14.7 Å². The molecule has 4 aromatic rings. The van der Waals surface area contributed by atoms with E-state index in [-0.39, 0.29) is 22.6 Å². The van der Waals surface area contributed by atoms with E-state index in [1.165, 1.54) is 28.0 Å². The number of ketones is 1. The molecule has 1 N–H and O–H groups in total. The van der Waals surface area contributed by atoms with Crippen molar-refractivity contribution in [2.45, 2.75) is 35.6 Å². The molecule has 0 radical (unpaired) electrons. The molecule has 3 aromatic carbocycles. The van der Waals surface area contributed by atoms with Gasteiger partial charge in [0, 0.05) is 27.2 Å². The quantitative estimate of drug-likeness (QED) is 0.0773. The predicted molar refractivity (Wildman–Crippen MR) is 160 cm³/mol. The molecule has 1 amide bonds. The molecule has 0 bridgehead atoms. The summed E-state index contributed by atoms with van der Waals surface area (Å²) in [6.07, 6.45) is 0.729. The highest BCUT2D eigenvalue weighted by Gasteiger charge is 2.48. The third-order valence-corrected chi connectivity index (χ3v) is 9.58. The summed E-state index contributed by atoms with van der Waals surface area (Å²) in [6, 6.07) is 19.3. The van der Waals surface area contributed by atoms with Gasteiger partial charge in [-0.2, -0.15) is 0 Å². The lowest BCUT2D eigenvalue weighted by molar-refractivity contribution is -0.132. The SMILES string of the molecule is CC1Cc2cc(/C(O)=C3\C(=O)C(=O)N(c4nnc(SCc5ccc(Cl)cc5)s4)C3c3ccc(Br)cc3)ccc2O1. The Balaban J connectivity index is 1.38. The number of amides is 1. The molecule has 2 unspecified atom stereocenters. The first-order chi connectivity index (χ1) is 19.3. The van der Waals surface area contributed by atoms with E-state index in [1.807, 2.05) is 61.5 Å². The summed E-state index contributed by atoms with van der Waals surface area (Å²) in [7, 11) is 0. The highest BCUT2D eigenvalue weighted by Crippen LogP contribution is 2.44. The molecule has 2 atom stereocenters. The molecule has 3 heterocycles. The number of carbonyl (C=O) groups excluding carboxylic acids is 2. The molecular formula is C29H21BrClN3O4S2. The zero-order chi connectivity index (χ0) is 28.0. The number of hydrogen-bond acceptors (Lipinski definition) is 8. The Bertz CT molecular complexity index is 1660. The molecular weight excluding hydrogens is 634 g/mol. The van der Waals surface area contributed by atoms with Crippen LogP contribution in [0.25, 0.3) is 5.76 Å². The number of fused-ring (bicyclic) bond motifs is 1. The first kappa shape index (κ1) is 27.0. The van der Waals surface area contributed by atoms with Gasteiger partial charge < -0.3 is 9.84 Å². The fourth-order valence-corrected chi connectivity index (χ4v) is 7.01. The minimum Gasteiger partial charge on any atom is -0.507 e. The molecule has 40 heavy (non-hydrogen) atoms. The number of aliphatic hydroxyl groups is 1. The molecule has 0 aliphatic carbocycles. The summed E-state index contributed by atoms with van der Waals surface area (Å²) in [4.78, 5) is 28.3. The van der Waals surface area contributed by atoms with E-state index in [4.69, 9.17) is 16.3 Å². The number of aromatic nitrogens is 2. The summed E-state index contributed by atoms with van der Waals surface area (Å²) in [6.45, 7) is 1.97. The van der Waals surface area contributed by atoms with Gasteiger partial charge in [0.05, 0.1) is 11.6 Å². The van der Waals surface area contributed by atoms with Crippen molar-refractivity contribution in [3.8, 4) is 5.75 Å². The average Bonchev–Trinajstić information content (AvgIpc) is 3.63. The number of halogens is 2. The van der Waals surface area contributed by atoms with Crippen LogP contribution >= 0.6 is 50.6 Å². The maximum absolute atomic E-state index is 13.5. The number of hydrogen-bond donors (Lipinski definition) is 1. The Labute approximate surface area is 252 Å². The molecule has 1 fully saturated rings. The number of aliphatic hydroxyl groups excluding tert-OH is 1. The minimum absolute atomic E-state index is 0.00445. The van der Waals surface area contributed by atoms with Gasteiger partial charge in [0.1, 0.15) is 17.6 Å². The molecule has 11 heteroatoms. The maximum atomic E-state index is 13.5. The largest absolute Gasteiger partial charge is 0.507 e. The number of thioether (sulfide) groups is 1. The highest BCUT2D eigenvalue weighted by atomic mass is 79.9. The van der Waals surface area contributed by atoms with Crippen LogP contribution in [-0.4, -0.2) is 33.1 Å². The van der Waals surface area contributed by atoms with Crippen LogP contribution in [0.2, 0.25) is 5.02 Å². The predicted octanol–water partition coefficient (Wildman–Crippen LogP) is 7.20. The van der Waals surface area contributed by atoms with Crippen LogP contribution in [-0.2, 0) is 21.8 Å². The Morgan fingerprint density at radius 1 is 1.12 bits per heavy atom. The van der Waals surface area contributed by atoms with Gasteiger partial charge in [0.15, 0.2) is 4.34 Å². The molecule has 6 rings (SSSR count). The van der Waals surface area contributed by atoms with E-state index in [2.05, 4.69) is 26.1 Å². The van der Waals surface area contributed by atoms with Crippen molar-refractivity contribution in [3.63, 3.8) is 0 Å². The van der Waals surface area contributed by atoms with E-state index < -0.39 is 17.7 Å². The topological polar surface area (TPSA) is 92.6 Å². The number of ether oxygens (including phenoxy) is 1. The highest BCUT2D eigenvalue weighted by molar-refractivity contribution is 9.10. The lowest BCUT2D eigenvalue weighted by atomic mass is 9.94. The van der Waals surface area contributed by atoms with Crippen LogP contribution in [0, 0.1) is 0 Å². The zero-order valence-electron chi connectivity index (χ0n) is 21.0. The Morgan fingerprint density at radius 2 is 1.88 bits per heavy atom. The Kier molecular flexibility index (Phi) is 7.43. The maximum Gasteiger partial charge on any atom is 0.301 e. The van der Waals surface area contributed by atoms with Gasteiger partial charge in [-0.1, -0.05) is 74.9 Å². The van der Waals surface area contributed by atoms with Gasteiger partial charge in [-0.3, -0.25) is 14.5 Å². The van der Waals surface area contributed by atoms with Gasteiger partial charge >= 0.3 is 5.91 Å². The summed E-state index contributed by atoms with van der Waals surface area (Å²) < 4.78 is 7.28. The number of benzene rings is 3. The monoisotopic (exact) mass is 653 g/mol. The molecule has 7 nitrogen and oxygen atoms in total. The molecule has 2 aliphatic rings. The summed E-state index contributed by atoms with van der Waals surface area (Å²) in [5, 5.41) is 21.0. The minimum atomic E-state index is -0.876. The summed E-state index contributed by atoms with van der Waals surface area (Å²) in [5.74, 6) is -0.384. The standard InChI is InChI=1S/C29H21BrClN3O4S2/c1-15-12-19-13-18(6-11-22(19)38-15)25(35)23-24(17-4-7-20(30)8-5-17)34(27(37)26(23)36)28-32-33-29(40-28)39-14-16-2-9-21(31)10-3-16/h2-11,13,15,24,35H,12,14H2,1H3/b25-23+. The summed E-state index contributed by atoms with van der Waals surface area (Å²) in [5.41, 5.74) is 3.12. The normalized spacial score (nSPS) is 19.6. The average molecular weight is 655 g/mol. The fraction of sp³-hybridized carbons (Fsp3) is 0.172. The molecule has 1 aromatic heterocycles. The van der Waals surface area contributed by atoms with Crippen LogP contribution in [0.3, 0.4) is 0 Å². The molecule has 1 saturated heterocycles. The zero-order valence-corrected chi connectivity index (χ0v) is 25.0. The van der Waals surface area contributed by atoms with Crippen molar-refractivity contribution in [2.24, 2.45) is 0 Å². The van der Waals surface area contributed by atoms with Crippen molar-refractivity contribution in [1.29, 1.82) is 0 Å². The first-order valence-electron chi connectivity index (χ1n) is 12.4.